The van der Waals surface area contributed by atoms with Gasteiger partial charge < -0.3 is 0 Å². The number of nitro groups is 1. The number of thiol groups is 1. The Morgan fingerprint density at radius 1 is 1.25 bits per heavy atom. The summed E-state index contributed by atoms with van der Waals surface area (Å²) in [5.74, 6) is 0. The predicted molar refractivity (Wildman–Crippen MR) is 111 cm³/mol. The lowest BCUT2D eigenvalue weighted by Crippen LogP contribution is -2.01. The zero-order valence-corrected chi connectivity index (χ0v) is 16.7. The molecule has 0 amide bonds. The van der Waals surface area contributed by atoms with Crippen molar-refractivity contribution in [1.82, 2.24) is 0 Å². The second-order valence-electron chi connectivity index (χ2n) is 5.71. The van der Waals surface area contributed by atoms with E-state index in [0.717, 1.165) is 16.2 Å². The van der Waals surface area contributed by atoms with Crippen LogP contribution in [-0.4, -0.2) is 11.2 Å². The fourth-order valence-corrected chi connectivity index (χ4v) is 2.32. The number of nitro benzene ring substituents is 1. The van der Waals surface area contributed by atoms with Crippen LogP contribution in [-0.2, 0) is 0 Å². The first kappa shape index (κ1) is 24.6. The van der Waals surface area contributed by atoms with Crippen LogP contribution in [0.15, 0.2) is 52.3 Å². The van der Waals surface area contributed by atoms with Crippen LogP contribution in [0.1, 0.15) is 34.1 Å². The average molecular weight is 366 g/mol. The van der Waals surface area contributed by atoms with E-state index >= 15 is 0 Å². The van der Waals surface area contributed by atoms with E-state index in [1.54, 1.807) is 30.2 Å². The van der Waals surface area contributed by atoms with Gasteiger partial charge in [0.1, 0.15) is 0 Å². The van der Waals surface area contributed by atoms with Crippen LogP contribution >= 0.6 is 24.4 Å². The summed E-state index contributed by atoms with van der Waals surface area (Å²) in [5.41, 5.74) is 0.410. The van der Waals surface area contributed by atoms with Crippen LogP contribution in [0.4, 0.5) is 5.69 Å². The first-order valence-electron chi connectivity index (χ1n) is 7.35. The van der Waals surface area contributed by atoms with E-state index in [9.17, 15) is 10.1 Å². The Balaban J connectivity index is 0. The fourth-order valence-electron chi connectivity index (χ4n) is 1.49. The lowest BCUT2D eigenvalue weighted by Gasteiger charge is -2.14. The maximum absolute atomic E-state index is 10.6. The normalized spacial score (nSPS) is 11.1. The van der Waals surface area contributed by atoms with Crippen LogP contribution in [0, 0.1) is 28.4 Å². The van der Waals surface area contributed by atoms with Gasteiger partial charge in [0.15, 0.2) is 0 Å². The van der Waals surface area contributed by atoms with Gasteiger partial charge in [0.05, 0.1) is 4.92 Å². The molecular weight excluding hydrogens is 338 g/mol. The van der Waals surface area contributed by atoms with Gasteiger partial charge in [-0.25, -0.2) is 0 Å². The Morgan fingerprint density at radius 3 is 2.12 bits per heavy atom. The molecule has 0 unspecified atom stereocenters. The summed E-state index contributed by atoms with van der Waals surface area (Å²) in [4.78, 5) is 12.4. The Hall–Kier alpha value is -1.64. The molecule has 0 aliphatic carbocycles. The van der Waals surface area contributed by atoms with Crippen molar-refractivity contribution >= 4 is 30.1 Å². The van der Waals surface area contributed by atoms with Crippen LogP contribution < -0.4 is 0 Å². The third-order valence-corrected chi connectivity index (χ3v) is 3.70. The minimum Gasteiger partial charge on any atom is -0.258 e. The van der Waals surface area contributed by atoms with E-state index in [0.29, 0.717) is 0 Å². The number of thioether (sulfide) groups is 1. The van der Waals surface area contributed by atoms with Gasteiger partial charge in [-0.3, -0.25) is 10.1 Å². The molecule has 5 heteroatoms. The molecule has 0 atom stereocenters. The Kier molecular flexibility index (Phi) is 14.1. The molecule has 0 saturated heterocycles. The van der Waals surface area contributed by atoms with Crippen molar-refractivity contribution in [2.24, 2.45) is 5.41 Å². The van der Waals surface area contributed by atoms with E-state index in [4.69, 9.17) is 0 Å². The highest BCUT2D eigenvalue weighted by atomic mass is 32.2. The largest absolute Gasteiger partial charge is 0.269 e. The first-order chi connectivity index (χ1) is 11.3. The minimum atomic E-state index is -0.381. The maximum atomic E-state index is 10.6. The highest BCUT2D eigenvalue weighted by molar-refractivity contribution is 8.03. The van der Waals surface area contributed by atoms with E-state index in [2.05, 4.69) is 58.4 Å². The van der Waals surface area contributed by atoms with Gasteiger partial charge in [-0.2, -0.15) is 12.6 Å². The van der Waals surface area contributed by atoms with E-state index in [1.165, 1.54) is 12.1 Å². The summed E-state index contributed by atoms with van der Waals surface area (Å²) in [6.07, 6.45) is 17.0. The zero-order chi connectivity index (χ0) is 19.2. The second kappa shape index (κ2) is 13.8. The molecule has 1 rings (SSSR count). The highest BCUT2D eigenvalue weighted by Crippen LogP contribution is 2.29. The molecule has 0 saturated carbocycles. The molecule has 0 fully saturated rings. The molecule has 0 spiro atoms. The zero-order valence-electron chi connectivity index (χ0n) is 15.0. The van der Waals surface area contributed by atoms with Crippen LogP contribution in [0.5, 0.6) is 0 Å². The molecule has 0 aromatic heterocycles. The van der Waals surface area contributed by atoms with Gasteiger partial charge in [-0.1, -0.05) is 50.8 Å². The SMILES string of the molecule is C#C.C/C=C(\C=C/CC(C)(C)C)Sc1ccc([N+](=O)[O-])cc1.CS. The molecular formula is C19H27NO2S2. The number of rotatable bonds is 5. The molecule has 1 aromatic rings. The summed E-state index contributed by atoms with van der Waals surface area (Å²) in [7, 11) is 0. The van der Waals surface area contributed by atoms with Gasteiger partial charge in [-0.05, 0) is 37.1 Å². The van der Waals surface area contributed by atoms with Gasteiger partial charge in [0.25, 0.3) is 5.69 Å². The second-order valence-corrected chi connectivity index (χ2v) is 6.86. The predicted octanol–water partition coefficient (Wildman–Crippen LogP) is 6.38. The minimum absolute atomic E-state index is 0.125. The summed E-state index contributed by atoms with van der Waals surface area (Å²) in [6.45, 7) is 8.61. The smallest absolute Gasteiger partial charge is 0.258 e. The van der Waals surface area contributed by atoms with Crippen molar-refractivity contribution in [3.63, 3.8) is 0 Å². The molecule has 0 N–H and O–H groups in total. The molecule has 24 heavy (non-hydrogen) atoms. The van der Waals surface area contributed by atoms with Gasteiger partial charge >= 0.3 is 0 Å². The molecule has 132 valence electrons. The Morgan fingerprint density at radius 2 is 1.75 bits per heavy atom. The Labute approximate surface area is 156 Å². The maximum Gasteiger partial charge on any atom is 0.269 e. The number of terminal acetylenes is 1. The lowest BCUT2D eigenvalue weighted by molar-refractivity contribution is -0.384. The summed E-state index contributed by atoms with van der Waals surface area (Å²) < 4.78 is 0. The van der Waals surface area contributed by atoms with Gasteiger partial charge in [-0.15, -0.1) is 12.8 Å². The summed E-state index contributed by atoms with van der Waals surface area (Å²) in [6, 6.07) is 6.64. The van der Waals surface area contributed by atoms with Crippen LogP contribution in [0.2, 0.25) is 0 Å². The molecule has 0 bridgehead atoms. The molecule has 0 radical (unpaired) electrons. The number of allylic oxidation sites excluding steroid dienone is 3. The van der Waals surface area contributed by atoms with Gasteiger partial charge in [0, 0.05) is 21.9 Å². The topological polar surface area (TPSA) is 43.1 Å². The van der Waals surface area contributed by atoms with Crippen LogP contribution in [0.25, 0.3) is 0 Å². The van der Waals surface area contributed by atoms with E-state index in [-0.39, 0.29) is 16.0 Å². The molecule has 3 nitrogen and oxygen atoms in total. The third kappa shape index (κ3) is 11.9. The molecule has 1 aromatic carbocycles. The van der Waals surface area contributed by atoms with Gasteiger partial charge in [0.2, 0.25) is 0 Å². The number of hydrogen-bond acceptors (Lipinski definition) is 4. The number of hydrogen-bond donors (Lipinski definition) is 1. The third-order valence-electron chi connectivity index (χ3n) is 2.58. The quantitative estimate of drug-likeness (QED) is 0.164. The number of nitrogens with zero attached hydrogens (tertiary/aromatic N) is 1. The summed E-state index contributed by atoms with van der Waals surface area (Å²) in [5, 5.41) is 10.6. The van der Waals surface area contributed by atoms with Crippen molar-refractivity contribution in [2.45, 2.75) is 39.0 Å². The molecule has 0 heterocycles. The van der Waals surface area contributed by atoms with Crippen molar-refractivity contribution in [1.29, 1.82) is 0 Å². The van der Waals surface area contributed by atoms with E-state index in [1.807, 2.05) is 13.0 Å². The monoisotopic (exact) mass is 365 g/mol. The van der Waals surface area contributed by atoms with Crippen molar-refractivity contribution < 1.29 is 4.92 Å². The molecule has 0 aliphatic heterocycles. The van der Waals surface area contributed by atoms with Crippen molar-refractivity contribution in [2.75, 3.05) is 6.26 Å². The number of non-ortho nitro benzene ring substituents is 1. The fraction of sp³-hybridized carbons (Fsp3) is 0.368. The van der Waals surface area contributed by atoms with E-state index < -0.39 is 0 Å². The van der Waals surface area contributed by atoms with Crippen LogP contribution in [0.3, 0.4) is 0 Å². The number of benzene rings is 1. The standard InChI is InChI=1S/C16H21NO2S.C2H2.CH4S/c1-5-14(7-6-12-16(2,3)4)20-15-10-8-13(9-11-15)17(18)19;2*1-2/h5-11H,12H2,1-4H3;1-2H;2H,1H3/b7-6-,14-5+;;. The van der Waals surface area contributed by atoms with Crippen molar-refractivity contribution in [3.8, 4) is 12.8 Å². The Bertz CT molecular complexity index is 553. The molecule has 0 aliphatic rings. The lowest BCUT2D eigenvalue weighted by atomic mass is 9.92. The summed E-state index contributed by atoms with van der Waals surface area (Å²) >= 11 is 5.14. The first-order valence-corrected chi connectivity index (χ1v) is 9.06. The highest BCUT2D eigenvalue weighted by Gasteiger charge is 2.07. The van der Waals surface area contributed by atoms with Crippen molar-refractivity contribution in [3.05, 3.63) is 57.5 Å². The average Bonchev–Trinajstić information content (AvgIpc) is 2.57.